The molecule has 3 heterocycles. The predicted octanol–water partition coefficient (Wildman–Crippen LogP) is 4.35. The van der Waals surface area contributed by atoms with Crippen LogP contribution in [-0.4, -0.2) is 47.4 Å². The molecule has 3 aromatic rings. The number of oxazole rings is 1. The molecule has 2 aliphatic heterocycles. The number of nitrogens with one attached hydrogen (secondary N) is 1. The molecule has 0 spiro atoms. The molecular formula is C27H30FN3O4. The SMILES string of the molecule is COc1cc(C[C@]2(CCC(=O)N3CCC[C@@H](c4nc5ccccc5o4)C3)CCC(=O)N2)ccc1F. The highest BCUT2D eigenvalue weighted by molar-refractivity contribution is 5.80. The zero-order valence-corrected chi connectivity index (χ0v) is 19.9. The summed E-state index contributed by atoms with van der Waals surface area (Å²) in [5, 5.41) is 3.11. The van der Waals surface area contributed by atoms with Crippen molar-refractivity contribution in [2.45, 2.75) is 56.4 Å². The van der Waals surface area contributed by atoms with E-state index >= 15 is 0 Å². The molecule has 2 saturated heterocycles. The maximum absolute atomic E-state index is 13.9. The van der Waals surface area contributed by atoms with Crippen LogP contribution in [0.4, 0.5) is 4.39 Å². The number of methoxy groups -OCH3 is 1. The van der Waals surface area contributed by atoms with Gasteiger partial charge in [0.25, 0.3) is 0 Å². The van der Waals surface area contributed by atoms with Crippen LogP contribution in [0.2, 0.25) is 0 Å². The molecule has 2 aromatic carbocycles. The number of amides is 2. The molecule has 8 heteroatoms. The highest BCUT2D eigenvalue weighted by Crippen LogP contribution is 2.33. The van der Waals surface area contributed by atoms with Gasteiger partial charge in [0, 0.05) is 31.5 Å². The van der Waals surface area contributed by atoms with Crippen LogP contribution in [0.3, 0.4) is 0 Å². The second-order valence-corrected chi connectivity index (χ2v) is 9.67. The minimum atomic E-state index is -0.523. The van der Waals surface area contributed by atoms with Crippen molar-refractivity contribution in [3.05, 3.63) is 59.7 Å². The van der Waals surface area contributed by atoms with E-state index in [1.54, 1.807) is 12.1 Å². The van der Waals surface area contributed by atoms with Gasteiger partial charge in [0.1, 0.15) is 5.52 Å². The van der Waals surface area contributed by atoms with Gasteiger partial charge in [-0.2, -0.15) is 0 Å². The number of hydrogen-bond acceptors (Lipinski definition) is 5. The van der Waals surface area contributed by atoms with Gasteiger partial charge in [-0.15, -0.1) is 0 Å². The Labute approximate surface area is 203 Å². The highest BCUT2D eigenvalue weighted by atomic mass is 19.1. The molecule has 1 aromatic heterocycles. The molecule has 184 valence electrons. The summed E-state index contributed by atoms with van der Waals surface area (Å²) in [5.74, 6) is 0.579. The third kappa shape index (κ3) is 5.01. The lowest BCUT2D eigenvalue weighted by Gasteiger charge is -2.34. The Bertz CT molecular complexity index is 1210. The van der Waals surface area contributed by atoms with E-state index in [0.717, 1.165) is 29.5 Å². The molecule has 2 amide bonds. The van der Waals surface area contributed by atoms with E-state index in [-0.39, 0.29) is 23.5 Å². The van der Waals surface area contributed by atoms with Crippen LogP contribution in [0.15, 0.2) is 46.9 Å². The summed E-state index contributed by atoms with van der Waals surface area (Å²) < 4.78 is 24.9. The molecule has 0 saturated carbocycles. The molecule has 5 rings (SSSR count). The van der Waals surface area contributed by atoms with Gasteiger partial charge < -0.3 is 19.4 Å². The first-order valence-corrected chi connectivity index (χ1v) is 12.2. The third-order valence-electron chi connectivity index (χ3n) is 7.24. The first-order valence-electron chi connectivity index (χ1n) is 12.2. The maximum atomic E-state index is 13.9. The van der Waals surface area contributed by atoms with Gasteiger partial charge >= 0.3 is 0 Å². The molecule has 0 radical (unpaired) electrons. The molecule has 7 nitrogen and oxygen atoms in total. The number of hydrogen-bond donors (Lipinski definition) is 1. The Kier molecular flexibility index (Phi) is 6.45. The van der Waals surface area contributed by atoms with Gasteiger partial charge in [-0.25, -0.2) is 9.37 Å². The molecule has 35 heavy (non-hydrogen) atoms. The van der Waals surface area contributed by atoms with Crippen molar-refractivity contribution in [3.63, 3.8) is 0 Å². The second-order valence-electron chi connectivity index (χ2n) is 9.67. The Morgan fingerprint density at radius 2 is 2.17 bits per heavy atom. The lowest BCUT2D eigenvalue weighted by Crippen LogP contribution is -2.45. The molecule has 2 aliphatic rings. The minimum absolute atomic E-state index is 0.0134. The fraction of sp³-hybridized carbons (Fsp3) is 0.444. The van der Waals surface area contributed by atoms with Crippen LogP contribution >= 0.6 is 0 Å². The summed E-state index contributed by atoms with van der Waals surface area (Å²) in [5.41, 5.74) is 1.95. The molecule has 0 aliphatic carbocycles. The fourth-order valence-electron chi connectivity index (χ4n) is 5.36. The van der Waals surface area contributed by atoms with Crippen LogP contribution in [0.25, 0.3) is 11.1 Å². The summed E-state index contributed by atoms with van der Waals surface area (Å²) >= 11 is 0. The second kappa shape index (κ2) is 9.68. The summed E-state index contributed by atoms with van der Waals surface area (Å²) in [6.07, 6.45) is 4.28. The Morgan fingerprint density at radius 1 is 1.31 bits per heavy atom. The van der Waals surface area contributed by atoms with Gasteiger partial charge in [0.2, 0.25) is 11.8 Å². The number of fused-ring (bicyclic) bond motifs is 1. The van der Waals surface area contributed by atoms with E-state index in [9.17, 15) is 14.0 Å². The van der Waals surface area contributed by atoms with Crippen molar-refractivity contribution >= 4 is 22.9 Å². The van der Waals surface area contributed by atoms with Crippen LogP contribution in [0, 0.1) is 5.82 Å². The van der Waals surface area contributed by atoms with Crippen LogP contribution < -0.4 is 10.1 Å². The van der Waals surface area contributed by atoms with E-state index < -0.39 is 11.4 Å². The summed E-state index contributed by atoms with van der Waals surface area (Å²) in [6, 6.07) is 12.5. The van der Waals surface area contributed by atoms with E-state index in [2.05, 4.69) is 10.3 Å². The van der Waals surface area contributed by atoms with E-state index in [4.69, 9.17) is 9.15 Å². The van der Waals surface area contributed by atoms with E-state index in [0.29, 0.717) is 51.1 Å². The van der Waals surface area contributed by atoms with Crippen LogP contribution in [0.1, 0.15) is 55.9 Å². The van der Waals surface area contributed by atoms with Gasteiger partial charge in [0.15, 0.2) is 23.0 Å². The summed E-state index contributed by atoms with van der Waals surface area (Å²) in [7, 11) is 1.43. The molecule has 1 N–H and O–H groups in total. The fourth-order valence-corrected chi connectivity index (χ4v) is 5.36. The predicted molar refractivity (Wildman–Crippen MR) is 129 cm³/mol. The van der Waals surface area contributed by atoms with Gasteiger partial charge in [-0.1, -0.05) is 18.2 Å². The number of ether oxygens (including phenoxy) is 1. The number of carbonyl (C=O) groups excluding carboxylic acids is 2. The zero-order valence-electron chi connectivity index (χ0n) is 19.9. The average molecular weight is 480 g/mol. The Balaban J connectivity index is 1.25. The normalized spacial score (nSPS) is 22.4. The lowest BCUT2D eigenvalue weighted by molar-refractivity contribution is -0.133. The van der Waals surface area contributed by atoms with Gasteiger partial charge in [-0.05, 0) is 61.9 Å². The zero-order chi connectivity index (χ0) is 24.4. The van der Waals surface area contributed by atoms with E-state index in [1.165, 1.54) is 13.2 Å². The minimum Gasteiger partial charge on any atom is -0.494 e. The molecule has 0 unspecified atom stereocenters. The summed E-state index contributed by atoms with van der Waals surface area (Å²) in [4.78, 5) is 31.9. The van der Waals surface area contributed by atoms with Crippen molar-refractivity contribution in [3.8, 4) is 5.75 Å². The maximum Gasteiger partial charge on any atom is 0.222 e. The number of piperidine rings is 1. The smallest absolute Gasteiger partial charge is 0.222 e. The largest absolute Gasteiger partial charge is 0.494 e. The number of halogens is 1. The van der Waals surface area contributed by atoms with Gasteiger partial charge in [0.05, 0.1) is 13.0 Å². The molecule has 0 bridgehead atoms. The first-order chi connectivity index (χ1) is 16.9. The molecule has 2 fully saturated rings. The van der Waals surface area contributed by atoms with E-state index in [1.807, 2.05) is 29.2 Å². The number of benzene rings is 2. The summed E-state index contributed by atoms with van der Waals surface area (Å²) in [6.45, 7) is 1.30. The number of carbonyl (C=O) groups is 2. The standard InChI is InChI=1S/C27H30FN3O4/c1-34-23-15-18(8-9-20(23)28)16-27(12-10-24(32)30-27)13-11-25(33)31-14-4-5-19(17-31)26-29-21-6-2-3-7-22(21)35-26/h2-3,6-9,15,19H,4-5,10-14,16-17H2,1H3,(H,30,32)/t19-,27-/m1/s1. The number of likely N-dealkylation sites (tertiary alicyclic amines) is 1. The molecular weight excluding hydrogens is 449 g/mol. The number of para-hydroxylation sites is 2. The Morgan fingerprint density at radius 3 is 2.94 bits per heavy atom. The molecule has 2 atom stereocenters. The average Bonchev–Trinajstić information content (AvgIpc) is 3.47. The topological polar surface area (TPSA) is 84.7 Å². The van der Waals surface area contributed by atoms with Crippen molar-refractivity contribution in [1.82, 2.24) is 15.2 Å². The lowest BCUT2D eigenvalue weighted by atomic mass is 9.84. The third-order valence-corrected chi connectivity index (χ3v) is 7.24. The van der Waals surface area contributed by atoms with Gasteiger partial charge in [-0.3, -0.25) is 9.59 Å². The number of aromatic nitrogens is 1. The van der Waals surface area contributed by atoms with Crippen molar-refractivity contribution in [1.29, 1.82) is 0 Å². The van der Waals surface area contributed by atoms with Crippen molar-refractivity contribution in [2.24, 2.45) is 0 Å². The highest BCUT2D eigenvalue weighted by Gasteiger charge is 2.39. The van der Waals surface area contributed by atoms with Crippen molar-refractivity contribution < 1.29 is 23.1 Å². The van der Waals surface area contributed by atoms with Crippen LogP contribution in [-0.2, 0) is 16.0 Å². The number of nitrogens with zero attached hydrogens (tertiary/aromatic N) is 2. The van der Waals surface area contributed by atoms with Crippen LogP contribution in [0.5, 0.6) is 5.75 Å². The number of rotatable bonds is 7. The quantitative estimate of drug-likeness (QED) is 0.545. The Hall–Kier alpha value is -3.42. The monoisotopic (exact) mass is 479 g/mol. The first kappa shape index (κ1) is 23.3. The van der Waals surface area contributed by atoms with Crippen molar-refractivity contribution in [2.75, 3.05) is 20.2 Å².